The van der Waals surface area contributed by atoms with Gasteiger partial charge in [-0.1, -0.05) is 35.9 Å². The molecule has 0 fully saturated rings. The van der Waals surface area contributed by atoms with E-state index in [0.717, 1.165) is 22.4 Å². The summed E-state index contributed by atoms with van der Waals surface area (Å²) in [7, 11) is 1.60. The standard InChI is InChI=1S/C20H23NO4/c1-13-7-8-17(24-2)14(9-13)10-19(23)21-20-15(11-22)12-25-18-6-4-3-5-16(18)20/h3-9,15,20,22H,10-12H2,1-2H3,(H,21,23)/t15-,20-/m1/s1. The molecular formula is C20H23NO4. The van der Waals surface area contributed by atoms with Gasteiger partial charge in [0, 0.05) is 17.0 Å². The van der Waals surface area contributed by atoms with Gasteiger partial charge in [0.25, 0.3) is 0 Å². The maximum absolute atomic E-state index is 12.6. The molecule has 2 aromatic rings. The van der Waals surface area contributed by atoms with Gasteiger partial charge in [-0.05, 0) is 19.1 Å². The molecule has 0 saturated heterocycles. The maximum Gasteiger partial charge on any atom is 0.225 e. The predicted octanol–water partition coefficient (Wildman–Crippen LogP) is 2.40. The van der Waals surface area contributed by atoms with E-state index in [1.807, 2.05) is 49.4 Å². The Kier molecular flexibility index (Phi) is 5.24. The van der Waals surface area contributed by atoms with Crippen molar-refractivity contribution in [3.05, 3.63) is 59.2 Å². The summed E-state index contributed by atoms with van der Waals surface area (Å²) in [6, 6.07) is 13.1. The van der Waals surface area contributed by atoms with Crippen molar-refractivity contribution in [1.82, 2.24) is 5.32 Å². The van der Waals surface area contributed by atoms with Crippen LogP contribution < -0.4 is 14.8 Å². The number of benzene rings is 2. The third-order valence-corrected chi connectivity index (χ3v) is 4.52. The fourth-order valence-electron chi connectivity index (χ4n) is 3.21. The number of rotatable bonds is 5. The molecule has 1 aliphatic heterocycles. The topological polar surface area (TPSA) is 67.8 Å². The number of amides is 1. The van der Waals surface area contributed by atoms with Crippen LogP contribution in [0.5, 0.6) is 11.5 Å². The summed E-state index contributed by atoms with van der Waals surface area (Å²) in [6.07, 6.45) is 0.225. The summed E-state index contributed by atoms with van der Waals surface area (Å²) in [6.45, 7) is 2.32. The highest BCUT2D eigenvalue weighted by molar-refractivity contribution is 5.80. The van der Waals surface area contributed by atoms with Crippen LogP contribution in [0.25, 0.3) is 0 Å². The maximum atomic E-state index is 12.6. The Bertz CT molecular complexity index is 759. The largest absolute Gasteiger partial charge is 0.496 e. The lowest BCUT2D eigenvalue weighted by molar-refractivity contribution is -0.122. The minimum Gasteiger partial charge on any atom is -0.496 e. The van der Waals surface area contributed by atoms with Crippen LogP contribution >= 0.6 is 0 Å². The molecule has 2 aromatic carbocycles. The molecule has 0 saturated carbocycles. The fourth-order valence-corrected chi connectivity index (χ4v) is 3.21. The Hall–Kier alpha value is -2.53. The van der Waals surface area contributed by atoms with E-state index in [-0.39, 0.29) is 30.9 Å². The molecular weight excluding hydrogens is 318 g/mol. The molecule has 1 amide bonds. The second kappa shape index (κ2) is 7.57. The zero-order valence-electron chi connectivity index (χ0n) is 14.5. The van der Waals surface area contributed by atoms with Gasteiger partial charge < -0.3 is 19.9 Å². The Morgan fingerprint density at radius 1 is 1.32 bits per heavy atom. The molecule has 2 N–H and O–H groups in total. The molecule has 132 valence electrons. The molecule has 0 spiro atoms. The number of aryl methyl sites for hydroxylation is 1. The first-order chi connectivity index (χ1) is 12.1. The van der Waals surface area contributed by atoms with Gasteiger partial charge in [0.1, 0.15) is 11.5 Å². The summed E-state index contributed by atoms with van der Waals surface area (Å²) in [5.41, 5.74) is 2.83. The van der Waals surface area contributed by atoms with Gasteiger partial charge in [-0.2, -0.15) is 0 Å². The van der Waals surface area contributed by atoms with E-state index < -0.39 is 0 Å². The average Bonchev–Trinajstić information content (AvgIpc) is 2.62. The highest BCUT2D eigenvalue weighted by Gasteiger charge is 2.31. The van der Waals surface area contributed by atoms with E-state index in [4.69, 9.17) is 9.47 Å². The van der Waals surface area contributed by atoms with Gasteiger partial charge in [-0.15, -0.1) is 0 Å². The second-order valence-electron chi connectivity index (χ2n) is 6.33. The van der Waals surface area contributed by atoms with Gasteiger partial charge in [0.15, 0.2) is 0 Å². The first-order valence-corrected chi connectivity index (χ1v) is 8.38. The van der Waals surface area contributed by atoms with Crippen molar-refractivity contribution in [2.24, 2.45) is 5.92 Å². The van der Waals surface area contributed by atoms with Crippen molar-refractivity contribution in [3.63, 3.8) is 0 Å². The van der Waals surface area contributed by atoms with Crippen LogP contribution in [-0.2, 0) is 11.2 Å². The number of hydrogen-bond donors (Lipinski definition) is 2. The van der Waals surface area contributed by atoms with Crippen molar-refractivity contribution < 1.29 is 19.4 Å². The SMILES string of the molecule is COc1ccc(C)cc1CC(=O)N[C@H]1c2ccccc2OC[C@H]1CO. The van der Waals surface area contributed by atoms with Crippen molar-refractivity contribution >= 4 is 5.91 Å². The Morgan fingerprint density at radius 2 is 2.12 bits per heavy atom. The lowest BCUT2D eigenvalue weighted by Gasteiger charge is -2.33. The molecule has 1 aliphatic rings. The van der Waals surface area contributed by atoms with E-state index in [2.05, 4.69) is 5.32 Å². The number of nitrogens with one attached hydrogen (secondary N) is 1. The number of methoxy groups -OCH3 is 1. The molecule has 0 unspecified atom stereocenters. The molecule has 1 heterocycles. The molecule has 0 aromatic heterocycles. The zero-order chi connectivity index (χ0) is 17.8. The highest BCUT2D eigenvalue weighted by Crippen LogP contribution is 2.35. The summed E-state index contributed by atoms with van der Waals surface area (Å²) < 4.78 is 11.0. The third-order valence-electron chi connectivity index (χ3n) is 4.52. The van der Waals surface area contributed by atoms with Gasteiger partial charge in [-0.3, -0.25) is 4.79 Å². The van der Waals surface area contributed by atoms with Crippen molar-refractivity contribution in [2.75, 3.05) is 20.3 Å². The molecule has 0 aliphatic carbocycles. The summed E-state index contributed by atoms with van der Waals surface area (Å²) >= 11 is 0. The Labute approximate surface area is 147 Å². The van der Waals surface area contributed by atoms with Crippen LogP contribution in [0, 0.1) is 12.8 Å². The lowest BCUT2D eigenvalue weighted by atomic mass is 9.91. The Morgan fingerprint density at radius 3 is 2.88 bits per heavy atom. The summed E-state index contributed by atoms with van der Waals surface area (Å²) in [4.78, 5) is 12.6. The van der Waals surface area contributed by atoms with Gasteiger partial charge >= 0.3 is 0 Å². The van der Waals surface area contributed by atoms with Crippen molar-refractivity contribution in [1.29, 1.82) is 0 Å². The lowest BCUT2D eigenvalue weighted by Crippen LogP contribution is -2.40. The van der Waals surface area contributed by atoms with E-state index in [9.17, 15) is 9.90 Å². The van der Waals surface area contributed by atoms with Crippen LogP contribution in [-0.4, -0.2) is 31.3 Å². The van der Waals surface area contributed by atoms with Crippen LogP contribution in [0.3, 0.4) is 0 Å². The highest BCUT2D eigenvalue weighted by atomic mass is 16.5. The summed E-state index contributed by atoms with van der Waals surface area (Å²) in [5.74, 6) is 1.18. The molecule has 5 nitrogen and oxygen atoms in total. The van der Waals surface area contributed by atoms with Gasteiger partial charge in [0.2, 0.25) is 5.91 Å². The van der Waals surface area contributed by atoms with E-state index >= 15 is 0 Å². The van der Waals surface area contributed by atoms with Crippen LogP contribution in [0.1, 0.15) is 22.7 Å². The minimum absolute atomic E-state index is 0.0486. The van der Waals surface area contributed by atoms with Gasteiger partial charge in [-0.25, -0.2) is 0 Å². The number of aliphatic hydroxyl groups excluding tert-OH is 1. The summed E-state index contributed by atoms with van der Waals surface area (Å²) in [5, 5.41) is 12.7. The number of hydrogen-bond acceptors (Lipinski definition) is 4. The number of ether oxygens (including phenoxy) is 2. The van der Waals surface area contributed by atoms with Crippen molar-refractivity contribution in [2.45, 2.75) is 19.4 Å². The molecule has 25 heavy (non-hydrogen) atoms. The van der Waals surface area contributed by atoms with Crippen LogP contribution in [0.15, 0.2) is 42.5 Å². The Balaban J connectivity index is 1.79. The third kappa shape index (κ3) is 3.77. The number of fused-ring (bicyclic) bond motifs is 1. The monoisotopic (exact) mass is 341 g/mol. The fraction of sp³-hybridized carbons (Fsp3) is 0.350. The molecule has 0 radical (unpaired) electrons. The van der Waals surface area contributed by atoms with Crippen molar-refractivity contribution in [3.8, 4) is 11.5 Å². The molecule has 0 bridgehead atoms. The smallest absolute Gasteiger partial charge is 0.225 e. The number of carbonyl (C=O) groups is 1. The normalized spacial score (nSPS) is 18.8. The van der Waals surface area contributed by atoms with E-state index in [0.29, 0.717) is 12.4 Å². The van der Waals surface area contributed by atoms with Crippen LogP contribution in [0.2, 0.25) is 0 Å². The quantitative estimate of drug-likeness (QED) is 0.876. The minimum atomic E-state index is -0.266. The molecule has 5 heteroatoms. The zero-order valence-corrected chi connectivity index (χ0v) is 14.5. The van der Waals surface area contributed by atoms with E-state index in [1.54, 1.807) is 7.11 Å². The second-order valence-corrected chi connectivity index (χ2v) is 6.33. The van der Waals surface area contributed by atoms with Gasteiger partial charge in [0.05, 0.1) is 32.8 Å². The van der Waals surface area contributed by atoms with Crippen LogP contribution in [0.4, 0.5) is 0 Å². The predicted molar refractivity (Wildman–Crippen MR) is 94.8 cm³/mol. The first kappa shape index (κ1) is 17.3. The first-order valence-electron chi connectivity index (χ1n) is 8.38. The molecule has 2 atom stereocenters. The average molecular weight is 341 g/mol. The number of carbonyl (C=O) groups excluding carboxylic acids is 1. The number of para-hydroxylation sites is 1. The number of aliphatic hydroxyl groups is 1. The molecule has 3 rings (SSSR count). The van der Waals surface area contributed by atoms with E-state index in [1.165, 1.54) is 0 Å².